The van der Waals surface area contributed by atoms with Gasteiger partial charge in [0.1, 0.15) is 0 Å². The summed E-state index contributed by atoms with van der Waals surface area (Å²) in [7, 11) is 1.77. The van der Waals surface area contributed by atoms with Crippen molar-refractivity contribution in [1.29, 1.82) is 0 Å². The number of pyridine rings is 2. The summed E-state index contributed by atoms with van der Waals surface area (Å²) in [6.07, 6.45) is 0.547. The molecule has 0 saturated carbocycles. The molecule has 0 saturated heterocycles. The topological polar surface area (TPSA) is 201 Å². The number of aromatic nitrogens is 2. The van der Waals surface area contributed by atoms with Gasteiger partial charge in [0.15, 0.2) is 0 Å². The van der Waals surface area contributed by atoms with Crippen molar-refractivity contribution in [2.24, 2.45) is 0 Å². The number of carbonyl (C=O) groups is 4. The Hall–Kier alpha value is -4.06. The van der Waals surface area contributed by atoms with Crippen molar-refractivity contribution in [2.75, 3.05) is 54.1 Å². The number of carbonyl (C=O) groups excluding carboxylic acids is 1. The number of carboxylic acids is 3. The molecule has 0 bridgehead atoms. The van der Waals surface area contributed by atoms with E-state index in [-0.39, 0.29) is 32.1 Å². The Balaban J connectivity index is 1.77. The van der Waals surface area contributed by atoms with Gasteiger partial charge in [-0.25, -0.2) is 9.97 Å². The number of fused-ring (bicyclic) bond motifs is 3. The van der Waals surface area contributed by atoms with E-state index in [0.29, 0.717) is 41.4 Å². The first-order valence-corrected chi connectivity index (χ1v) is 15.6. The van der Waals surface area contributed by atoms with Crippen LogP contribution in [0.1, 0.15) is 17.8 Å². The van der Waals surface area contributed by atoms with Crippen molar-refractivity contribution in [3.63, 3.8) is 0 Å². The van der Waals surface area contributed by atoms with Crippen LogP contribution in [-0.4, -0.2) is 122 Å². The largest absolute Gasteiger partial charge is 0.500 e. The third kappa shape index (κ3) is 10.0. The number of benzene rings is 1. The maximum atomic E-state index is 12.7. The first kappa shape index (κ1) is 34.4. The highest BCUT2D eigenvalue weighted by atomic mass is 28.4. The molecule has 0 aliphatic heterocycles. The van der Waals surface area contributed by atoms with Crippen molar-refractivity contribution in [3.05, 3.63) is 47.8 Å². The Morgan fingerprint density at radius 3 is 1.52 bits per heavy atom. The molecular formula is C28H37N5O10Si. The van der Waals surface area contributed by atoms with E-state index in [1.807, 2.05) is 18.2 Å². The summed E-state index contributed by atoms with van der Waals surface area (Å²) in [5, 5.41) is 32.1. The van der Waals surface area contributed by atoms with E-state index in [0.717, 1.165) is 10.8 Å². The molecule has 1 aromatic carbocycles. The number of amides is 1. The van der Waals surface area contributed by atoms with Crippen molar-refractivity contribution in [2.45, 2.75) is 25.6 Å². The number of hydrogen-bond acceptors (Lipinski definition) is 11. The van der Waals surface area contributed by atoms with Gasteiger partial charge in [0, 0.05) is 57.8 Å². The molecule has 238 valence electrons. The smallest absolute Gasteiger partial charge is 0.480 e. The van der Waals surface area contributed by atoms with Gasteiger partial charge in [-0.1, -0.05) is 24.3 Å². The molecule has 0 spiro atoms. The minimum Gasteiger partial charge on any atom is -0.480 e. The molecule has 44 heavy (non-hydrogen) atoms. The van der Waals surface area contributed by atoms with Gasteiger partial charge in [-0.3, -0.25) is 29.0 Å². The summed E-state index contributed by atoms with van der Waals surface area (Å²) in [4.78, 5) is 58.8. The average molecular weight is 632 g/mol. The molecule has 0 aliphatic carbocycles. The second kappa shape index (κ2) is 16.1. The molecule has 0 aliphatic rings. The third-order valence-electron chi connectivity index (χ3n) is 6.76. The van der Waals surface area contributed by atoms with E-state index in [1.165, 1.54) is 31.1 Å². The molecule has 0 unspecified atom stereocenters. The summed E-state index contributed by atoms with van der Waals surface area (Å²) in [6.45, 7) is -1.09. The highest BCUT2D eigenvalue weighted by Gasteiger charge is 2.36. The van der Waals surface area contributed by atoms with Crippen LogP contribution in [0.4, 0.5) is 0 Å². The fourth-order valence-electron chi connectivity index (χ4n) is 4.74. The van der Waals surface area contributed by atoms with Crippen LogP contribution >= 0.6 is 0 Å². The number of nitrogens with one attached hydrogen (secondary N) is 1. The van der Waals surface area contributed by atoms with Gasteiger partial charge in [-0.2, -0.15) is 0 Å². The predicted molar refractivity (Wildman–Crippen MR) is 160 cm³/mol. The average Bonchev–Trinajstić information content (AvgIpc) is 2.96. The monoisotopic (exact) mass is 631 g/mol. The fraction of sp³-hybridized carbons (Fsp3) is 0.429. The molecule has 1 amide bonds. The van der Waals surface area contributed by atoms with E-state index in [4.69, 9.17) is 28.5 Å². The van der Waals surface area contributed by atoms with Crippen LogP contribution in [0.2, 0.25) is 6.04 Å². The van der Waals surface area contributed by atoms with E-state index < -0.39 is 39.8 Å². The fourth-order valence-corrected chi connectivity index (χ4v) is 6.46. The van der Waals surface area contributed by atoms with Crippen LogP contribution in [0.25, 0.3) is 21.8 Å². The van der Waals surface area contributed by atoms with E-state index in [2.05, 4.69) is 10.3 Å². The van der Waals surface area contributed by atoms with E-state index >= 15 is 0 Å². The lowest BCUT2D eigenvalue weighted by atomic mass is 10.1. The standard InChI is InChI=1S/C28H37N5O10Si/c1-41-44(42-2,43-3)12-4-11-29-23(34)15-32(16-24(35)36)13-21-9-7-19-5-6-20-8-10-22(31-28(20)27(19)30-21)14-33(17-25(37)38)18-26(39)40/h5-10H,4,11-18H2,1-3H3,(H,29,34)(H,35,36)(H,37,38)(H,39,40). The zero-order valence-corrected chi connectivity index (χ0v) is 25.8. The number of nitrogens with zero attached hydrogens (tertiary/aromatic N) is 4. The molecule has 2 heterocycles. The maximum Gasteiger partial charge on any atom is 0.500 e. The van der Waals surface area contributed by atoms with Gasteiger partial charge in [0.05, 0.1) is 48.6 Å². The first-order chi connectivity index (χ1) is 21.0. The predicted octanol–water partition coefficient (Wildman–Crippen LogP) is 1.03. The van der Waals surface area contributed by atoms with E-state index in [9.17, 15) is 24.3 Å². The maximum absolute atomic E-state index is 12.7. The lowest BCUT2D eigenvalue weighted by molar-refractivity contribution is -0.142. The first-order valence-electron chi connectivity index (χ1n) is 13.7. The molecule has 0 radical (unpaired) electrons. The molecular weight excluding hydrogens is 594 g/mol. The molecule has 3 aromatic rings. The van der Waals surface area contributed by atoms with Crippen molar-refractivity contribution in [3.8, 4) is 0 Å². The van der Waals surface area contributed by atoms with Crippen molar-refractivity contribution >= 4 is 54.4 Å². The molecule has 0 atom stereocenters. The Kier molecular flexibility index (Phi) is 12.6. The Morgan fingerprint density at radius 2 is 1.11 bits per heavy atom. The minimum atomic E-state index is -2.76. The number of hydrogen-bond donors (Lipinski definition) is 4. The second-order valence-electron chi connectivity index (χ2n) is 10.0. The number of rotatable bonds is 19. The van der Waals surface area contributed by atoms with Crippen molar-refractivity contribution in [1.82, 2.24) is 25.1 Å². The SMILES string of the molecule is CO[Si](CCCNC(=O)CN(CC(=O)O)Cc1ccc2ccc3ccc(CN(CC(=O)O)CC(=O)O)nc3c2n1)(OC)OC. The molecule has 0 fully saturated rings. The van der Waals surface area contributed by atoms with Gasteiger partial charge in [0.25, 0.3) is 0 Å². The van der Waals surface area contributed by atoms with Crippen LogP contribution in [0.3, 0.4) is 0 Å². The Morgan fingerprint density at radius 1 is 0.705 bits per heavy atom. The van der Waals surface area contributed by atoms with Crippen LogP contribution in [0.5, 0.6) is 0 Å². The van der Waals surface area contributed by atoms with Crippen LogP contribution in [-0.2, 0) is 45.5 Å². The normalized spacial score (nSPS) is 11.8. The van der Waals surface area contributed by atoms with Gasteiger partial charge < -0.3 is 33.9 Å². The number of carboxylic acid groups (broad SMARTS) is 3. The summed E-state index contributed by atoms with van der Waals surface area (Å²) in [6, 6.07) is 11.3. The summed E-state index contributed by atoms with van der Waals surface area (Å²) < 4.78 is 16.1. The van der Waals surface area contributed by atoms with Gasteiger partial charge in [-0.05, 0) is 18.6 Å². The Labute approximate surface area is 254 Å². The van der Waals surface area contributed by atoms with E-state index in [1.54, 1.807) is 18.2 Å². The lowest BCUT2D eigenvalue weighted by Gasteiger charge is -2.24. The molecule has 2 aromatic heterocycles. The molecule has 3 rings (SSSR count). The van der Waals surface area contributed by atoms with Crippen LogP contribution in [0.15, 0.2) is 36.4 Å². The van der Waals surface area contributed by atoms with Crippen LogP contribution < -0.4 is 5.32 Å². The molecule has 4 N–H and O–H groups in total. The van der Waals surface area contributed by atoms with Gasteiger partial charge in [-0.15, -0.1) is 0 Å². The highest BCUT2D eigenvalue weighted by Crippen LogP contribution is 2.24. The summed E-state index contributed by atoms with van der Waals surface area (Å²) >= 11 is 0. The quantitative estimate of drug-likeness (QED) is 0.0830. The highest BCUT2D eigenvalue weighted by molar-refractivity contribution is 6.60. The second-order valence-corrected chi connectivity index (χ2v) is 13.1. The van der Waals surface area contributed by atoms with Gasteiger partial charge in [0.2, 0.25) is 5.91 Å². The van der Waals surface area contributed by atoms with Gasteiger partial charge >= 0.3 is 26.7 Å². The molecule has 16 heteroatoms. The van der Waals surface area contributed by atoms with Crippen LogP contribution in [0, 0.1) is 0 Å². The zero-order valence-electron chi connectivity index (χ0n) is 24.8. The molecule has 15 nitrogen and oxygen atoms in total. The Bertz CT molecular complexity index is 1460. The minimum absolute atomic E-state index is 0.00228. The summed E-state index contributed by atoms with van der Waals surface area (Å²) in [5.41, 5.74) is 2.04. The lowest BCUT2D eigenvalue weighted by Crippen LogP contribution is -2.44. The summed E-state index contributed by atoms with van der Waals surface area (Å²) in [5.74, 6) is -3.76. The third-order valence-corrected chi connectivity index (χ3v) is 9.60. The number of aliphatic carboxylic acids is 3. The zero-order chi connectivity index (χ0) is 32.3. The van der Waals surface area contributed by atoms with Crippen molar-refractivity contribution < 1.29 is 47.8 Å².